The van der Waals surface area contributed by atoms with Gasteiger partial charge in [0, 0.05) is 18.9 Å². The van der Waals surface area contributed by atoms with Crippen LogP contribution in [0.2, 0.25) is 0 Å². The average molecular weight is 237 g/mol. The van der Waals surface area contributed by atoms with E-state index in [0.717, 1.165) is 0 Å². The fourth-order valence-corrected chi connectivity index (χ4v) is 1.42. The van der Waals surface area contributed by atoms with Crippen LogP contribution in [0.5, 0.6) is 5.75 Å². The third-order valence-corrected chi connectivity index (χ3v) is 2.18. The van der Waals surface area contributed by atoms with Crippen LogP contribution in [0.1, 0.15) is 23.7 Å². The van der Waals surface area contributed by atoms with Gasteiger partial charge in [-0.2, -0.15) is 0 Å². The largest absolute Gasteiger partial charge is 0.497 e. The van der Waals surface area contributed by atoms with Gasteiger partial charge in [-0.3, -0.25) is 9.59 Å². The molecule has 0 aliphatic carbocycles. The summed E-state index contributed by atoms with van der Waals surface area (Å²) >= 11 is 0. The summed E-state index contributed by atoms with van der Waals surface area (Å²) in [5.41, 5.74) is 0.769. The van der Waals surface area contributed by atoms with Crippen LogP contribution >= 0.6 is 0 Å². The van der Waals surface area contributed by atoms with E-state index >= 15 is 0 Å². The molecular formula is C12H15NO4. The quantitative estimate of drug-likeness (QED) is 0.755. The Labute approximate surface area is 99.4 Å². The molecule has 0 aliphatic rings. The highest BCUT2D eigenvalue weighted by Gasteiger charge is 2.13. The first-order valence-corrected chi connectivity index (χ1v) is 5.18. The van der Waals surface area contributed by atoms with Gasteiger partial charge in [-0.25, -0.2) is 0 Å². The highest BCUT2D eigenvalue weighted by Crippen LogP contribution is 2.23. The van der Waals surface area contributed by atoms with E-state index in [4.69, 9.17) is 9.84 Å². The maximum Gasteiger partial charge on any atom is 0.221 e. The van der Waals surface area contributed by atoms with Crippen molar-refractivity contribution in [1.82, 2.24) is 0 Å². The second-order valence-corrected chi connectivity index (χ2v) is 3.49. The van der Waals surface area contributed by atoms with Crippen molar-refractivity contribution in [3.05, 3.63) is 23.8 Å². The number of carbonyl (C=O) groups excluding carboxylic acids is 2. The molecule has 1 aromatic rings. The zero-order chi connectivity index (χ0) is 12.8. The second kappa shape index (κ2) is 6.00. The van der Waals surface area contributed by atoms with Gasteiger partial charge in [0.1, 0.15) is 5.75 Å². The van der Waals surface area contributed by atoms with Crippen molar-refractivity contribution in [2.75, 3.05) is 19.0 Å². The molecule has 0 heterocycles. The lowest BCUT2D eigenvalue weighted by Crippen LogP contribution is -2.12. The molecule has 0 unspecified atom stereocenters. The minimum atomic E-state index is -0.256. The van der Waals surface area contributed by atoms with Gasteiger partial charge < -0.3 is 15.2 Å². The SMILES string of the molecule is COc1ccc(NC(C)=O)c(C(=O)CCO)c1. The lowest BCUT2D eigenvalue weighted by atomic mass is 10.1. The first-order chi connectivity index (χ1) is 8.08. The van der Waals surface area contributed by atoms with Crippen molar-refractivity contribution in [3.63, 3.8) is 0 Å². The molecule has 17 heavy (non-hydrogen) atoms. The number of amides is 1. The maximum atomic E-state index is 11.7. The van der Waals surface area contributed by atoms with Gasteiger partial charge in [-0.1, -0.05) is 0 Å². The summed E-state index contributed by atoms with van der Waals surface area (Å²) in [6.45, 7) is 1.14. The van der Waals surface area contributed by atoms with Crippen LogP contribution in [0.25, 0.3) is 0 Å². The molecule has 0 atom stereocenters. The molecule has 0 spiro atoms. The number of rotatable bonds is 5. The molecule has 0 aliphatic heterocycles. The van der Waals surface area contributed by atoms with Gasteiger partial charge in [0.2, 0.25) is 5.91 Å². The number of methoxy groups -OCH3 is 1. The third-order valence-electron chi connectivity index (χ3n) is 2.18. The number of carbonyl (C=O) groups is 2. The number of anilines is 1. The predicted molar refractivity (Wildman–Crippen MR) is 63.3 cm³/mol. The van der Waals surface area contributed by atoms with Crippen LogP contribution in [-0.4, -0.2) is 30.5 Å². The van der Waals surface area contributed by atoms with Crippen molar-refractivity contribution in [2.45, 2.75) is 13.3 Å². The van der Waals surface area contributed by atoms with Gasteiger partial charge in [-0.05, 0) is 18.2 Å². The van der Waals surface area contributed by atoms with E-state index in [1.807, 2.05) is 0 Å². The summed E-state index contributed by atoms with van der Waals surface area (Å²) in [5.74, 6) is 0.0313. The maximum absolute atomic E-state index is 11.7. The minimum absolute atomic E-state index is 0.0136. The molecular weight excluding hydrogens is 222 g/mol. The van der Waals surface area contributed by atoms with Crippen LogP contribution in [0.3, 0.4) is 0 Å². The van der Waals surface area contributed by atoms with E-state index in [9.17, 15) is 9.59 Å². The number of hydrogen-bond donors (Lipinski definition) is 2. The number of aliphatic hydroxyl groups excluding tert-OH is 1. The fourth-order valence-electron chi connectivity index (χ4n) is 1.42. The number of nitrogens with one attached hydrogen (secondary N) is 1. The van der Waals surface area contributed by atoms with Crippen LogP contribution < -0.4 is 10.1 Å². The Bertz CT molecular complexity index is 429. The van der Waals surface area contributed by atoms with E-state index in [1.54, 1.807) is 18.2 Å². The number of benzene rings is 1. The molecule has 1 aromatic carbocycles. The first-order valence-electron chi connectivity index (χ1n) is 5.18. The summed E-state index contributed by atoms with van der Waals surface area (Å²) in [5, 5.41) is 11.3. The smallest absolute Gasteiger partial charge is 0.221 e. The van der Waals surface area contributed by atoms with Crippen molar-refractivity contribution >= 4 is 17.4 Å². The lowest BCUT2D eigenvalue weighted by molar-refractivity contribution is -0.114. The molecule has 1 amide bonds. The fraction of sp³-hybridized carbons (Fsp3) is 0.333. The highest BCUT2D eigenvalue weighted by molar-refractivity contribution is 6.04. The molecule has 0 radical (unpaired) electrons. The number of aliphatic hydroxyl groups is 1. The Morgan fingerprint density at radius 1 is 1.41 bits per heavy atom. The van der Waals surface area contributed by atoms with E-state index < -0.39 is 0 Å². The van der Waals surface area contributed by atoms with Crippen molar-refractivity contribution in [1.29, 1.82) is 0 Å². The minimum Gasteiger partial charge on any atom is -0.497 e. The molecule has 0 saturated heterocycles. The molecule has 0 saturated carbocycles. The zero-order valence-electron chi connectivity index (χ0n) is 9.82. The van der Waals surface area contributed by atoms with Gasteiger partial charge >= 0.3 is 0 Å². The Morgan fingerprint density at radius 3 is 2.65 bits per heavy atom. The summed E-state index contributed by atoms with van der Waals surface area (Å²) in [6, 6.07) is 4.80. The number of hydrogen-bond acceptors (Lipinski definition) is 4. The zero-order valence-corrected chi connectivity index (χ0v) is 9.82. The highest BCUT2D eigenvalue weighted by atomic mass is 16.5. The van der Waals surface area contributed by atoms with Crippen molar-refractivity contribution in [2.24, 2.45) is 0 Å². The van der Waals surface area contributed by atoms with Gasteiger partial charge in [0.15, 0.2) is 5.78 Å². The summed E-state index contributed by atoms with van der Waals surface area (Å²) < 4.78 is 5.02. The molecule has 1 rings (SSSR count). The standard InChI is InChI=1S/C12H15NO4/c1-8(15)13-11-4-3-9(17-2)7-10(11)12(16)5-6-14/h3-4,7,14H,5-6H2,1-2H3,(H,13,15). The van der Waals surface area contributed by atoms with Crippen LogP contribution in [-0.2, 0) is 4.79 Å². The molecule has 92 valence electrons. The summed E-state index contributed by atoms with van der Waals surface area (Å²) in [6.07, 6.45) is 0.0136. The van der Waals surface area contributed by atoms with Crippen LogP contribution in [0.15, 0.2) is 18.2 Å². The average Bonchev–Trinajstić information content (AvgIpc) is 2.29. The monoisotopic (exact) mass is 237 g/mol. The second-order valence-electron chi connectivity index (χ2n) is 3.49. The molecule has 5 nitrogen and oxygen atoms in total. The van der Waals surface area contributed by atoms with Gasteiger partial charge in [0.05, 0.1) is 19.4 Å². The summed E-state index contributed by atoms with van der Waals surface area (Å²) in [7, 11) is 1.49. The Hall–Kier alpha value is -1.88. The first kappa shape index (κ1) is 13.2. The molecule has 0 bridgehead atoms. The molecule has 5 heteroatoms. The van der Waals surface area contributed by atoms with Gasteiger partial charge in [-0.15, -0.1) is 0 Å². The predicted octanol–water partition coefficient (Wildman–Crippen LogP) is 1.22. The van der Waals surface area contributed by atoms with E-state index in [2.05, 4.69) is 5.32 Å². The topological polar surface area (TPSA) is 75.6 Å². The Morgan fingerprint density at radius 2 is 2.12 bits per heavy atom. The van der Waals surface area contributed by atoms with E-state index in [0.29, 0.717) is 17.0 Å². The molecule has 0 fully saturated rings. The van der Waals surface area contributed by atoms with E-state index in [1.165, 1.54) is 14.0 Å². The molecule has 0 aromatic heterocycles. The van der Waals surface area contributed by atoms with Gasteiger partial charge in [0.25, 0.3) is 0 Å². The van der Waals surface area contributed by atoms with E-state index in [-0.39, 0.29) is 24.7 Å². The van der Waals surface area contributed by atoms with Crippen LogP contribution in [0, 0.1) is 0 Å². The summed E-state index contributed by atoms with van der Waals surface area (Å²) in [4.78, 5) is 22.7. The van der Waals surface area contributed by atoms with Crippen LogP contribution in [0.4, 0.5) is 5.69 Å². The van der Waals surface area contributed by atoms with Crippen molar-refractivity contribution < 1.29 is 19.4 Å². The van der Waals surface area contributed by atoms with Crippen molar-refractivity contribution in [3.8, 4) is 5.75 Å². The number of ether oxygens (including phenoxy) is 1. The molecule has 2 N–H and O–H groups in total. The third kappa shape index (κ3) is 3.57. The number of ketones is 1. The Kier molecular flexibility index (Phi) is 4.66. The Balaban J connectivity index is 3.10. The number of Topliss-reactive ketones (excluding diaryl/α,β-unsaturated/α-hetero) is 1. The lowest BCUT2D eigenvalue weighted by Gasteiger charge is -2.10. The normalized spacial score (nSPS) is 9.82.